The largest absolute Gasteiger partial charge is 0.339 e. The van der Waals surface area contributed by atoms with Crippen molar-refractivity contribution in [3.05, 3.63) is 46.6 Å². The second kappa shape index (κ2) is 5.76. The molecule has 6 nitrogen and oxygen atoms in total. The molecule has 1 unspecified atom stereocenters. The molecule has 0 aliphatic carbocycles. The lowest BCUT2D eigenvalue weighted by Crippen LogP contribution is -2.30. The Labute approximate surface area is 130 Å². The summed E-state index contributed by atoms with van der Waals surface area (Å²) in [6, 6.07) is 3.35. The molecule has 0 saturated carbocycles. The van der Waals surface area contributed by atoms with Crippen molar-refractivity contribution in [2.45, 2.75) is 19.3 Å². The highest BCUT2D eigenvalue weighted by atomic mass is 19.1. The molecule has 1 aromatic carbocycles. The van der Waals surface area contributed by atoms with Gasteiger partial charge in [0.25, 0.3) is 5.91 Å². The van der Waals surface area contributed by atoms with Crippen molar-refractivity contribution in [1.82, 2.24) is 15.0 Å². The number of aryl methyl sites for hydroxylation is 1. The van der Waals surface area contributed by atoms with Crippen LogP contribution in [0.3, 0.4) is 0 Å². The lowest BCUT2D eigenvalue weighted by atomic mass is 10.1. The molecule has 1 fully saturated rings. The molecule has 118 valence electrons. The van der Waals surface area contributed by atoms with E-state index in [2.05, 4.69) is 10.1 Å². The standard InChI is InChI=1S/C15H12F2N4O2/c1-8-19-14(23-20-8)10-2-3-21(7-10)15(22)13-11(16)4-9(6-18)5-12(13)17/h4-5,10H,2-3,7H2,1H3. The minimum atomic E-state index is -1.04. The van der Waals surface area contributed by atoms with E-state index in [1.165, 1.54) is 4.90 Å². The highest BCUT2D eigenvalue weighted by molar-refractivity contribution is 5.95. The summed E-state index contributed by atoms with van der Waals surface area (Å²) in [6.45, 7) is 2.27. The molecule has 0 spiro atoms. The molecule has 2 aromatic rings. The van der Waals surface area contributed by atoms with Gasteiger partial charge in [0.2, 0.25) is 5.89 Å². The fourth-order valence-electron chi connectivity index (χ4n) is 2.63. The van der Waals surface area contributed by atoms with Crippen molar-refractivity contribution < 1.29 is 18.1 Å². The second-order valence-electron chi connectivity index (χ2n) is 5.34. The summed E-state index contributed by atoms with van der Waals surface area (Å²) >= 11 is 0. The Bertz CT molecular complexity index is 789. The van der Waals surface area contributed by atoms with E-state index in [-0.39, 0.29) is 18.0 Å². The summed E-state index contributed by atoms with van der Waals surface area (Å²) in [7, 11) is 0. The minimum absolute atomic E-state index is 0.148. The minimum Gasteiger partial charge on any atom is -0.339 e. The average molecular weight is 318 g/mol. The van der Waals surface area contributed by atoms with Gasteiger partial charge in [-0.15, -0.1) is 0 Å². The van der Waals surface area contributed by atoms with Crippen LogP contribution in [-0.4, -0.2) is 34.0 Å². The van der Waals surface area contributed by atoms with Crippen molar-refractivity contribution >= 4 is 5.91 Å². The van der Waals surface area contributed by atoms with Gasteiger partial charge in [-0.2, -0.15) is 10.2 Å². The molecular formula is C15H12F2N4O2. The van der Waals surface area contributed by atoms with Crippen LogP contribution >= 0.6 is 0 Å². The first kappa shape index (κ1) is 15.1. The Kier molecular flexibility index (Phi) is 3.78. The summed E-state index contributed by atoms with van der Waals surface area (Å²) in [6.07, 6.45) is 0.576. The van der Waals surface area contributed by atoms with Crippen LogP contribution < -0.4 is 0 Å². The van der Waals surface area contributed by atoms with Gasteiger partial charge in [0, 0.05) is 13.1 Å². The van der Waals surface area contributed by atoms with E-state index in [4.69, 9.17) is 9.78 Å². The Morgan fingerprint density at radius 3 is 2.70 bits per heavy atom. The van der Waals surface area contributed by atoms with Crippen molar-refractivity contribution in [2.75, 3.05) is 13.1 Å². The van der Waals surface area contributed by atoms with Crippen LogP contribution in [0.1, 0.15) is 40.0 Å². The van der Waals surface area contributed by atoms with E-state index in [9.17, 15) is 13.6 Å². The van der Waals surface area contributed by atoms with Crippen molar-refractivity contribution in [3.63, 3.8) is 0 Å². The number of carbonyl (C=O) groups excluding carboxylic acids is 1. The van der Waals surface area contributed by atoms with Gasteiger partial charge in [-0.3, -0.25) is 4.79 Å². The van der Waals surface area contributed by atoms with E-state index in [0.717, 1.165) is 12.1 Å². The average Bonchev–Trinajstić information content (AvgIpc) is 3.14. The number of benzene rings is 1. The molecule has 1 aromatic heterocycles. The van der Waals surface area contributed by atoms with Gasteiger partial charge in [0.1, 0.15) is 17.2 Å². The second-order valence-corrected chi connectivity index (χ2v) is 5.34. The maximum atomic E-state index is 13.9. The van der Waals surface area contributed by atoms with Gasteiger partial charge in [0.15, 0.2) is 5.82 Å². The predicted octanol–water partition coefficient (Wildman–Crippen LogP) is 2.16. The van der Waals surface area contributed by atoms with Crippen molar-refractivity contribution in [1.29, 1.82) is 5.26 Å². The molecule has 8 heteroatoms. The Hall–Kier alpha value is -2.82. The molecule has 1 aliphatic rings. The Morgan fingerprint density at radius 2 is 2.13 bits per heavy atom. The zero-order valence-corrected chi connectivity index (χ0v) is 12.2. The number of hydrogen-bond acceptors (Lipinski definition) is 5. The van der Waals surface area contributed by atoms with E-state index >= 15 is 0 Å². The molecule has 0 N–H and O–H groups in total. The summed E-state index contributed by atoms with van der Waals surface area (Å²) in [4.78, 5) is 17.8. The van der Waals surface area contributed by atoms with Gasteiger partial charge < -0.3 is 9.42 Å². The number of hydrogen-bond donors (Lipinski definition) is 0. The lowest BCUT2D eigenvalue weighted by molar-refractivity contribution is 0.0780. The quantitative estimate of drug-likeness (QED) is 0.847. The first-order chi connectivity index (χ1) is 11.0. The molecular weight excluding hydrogens is 306 g/mol. The molecule has 3 rings (SSSR count). The molecule has 1 amide bonds. The van der Waals surface area contributed by atoms with Gasteiger partial charge in [-0.05, 0) is 25.5 Å². The molecule has 23 heavy (non-hydrogen) atoms. The zero-order valence-electron chi connectivity index (χ0n) is 12.2. The van der Waals surface area contributed by atoms with E-state index in [1.807, 2.05) is 0 Å². The van der Waals surface area contributed by atoms with Crippen LogP contribution in [0.15, 0.2) is 16.7 Å². The first-order valence-corrected chi connectivity index (χ1v) is 6.98. The van der Waals surface area contributed by atoms with Crippen molar-refractivity contribution in [3.8, 4) is 6.07 Å². The number of halogens is 2. The highest BCUT2D eigenvalue weighted by Crippen LogP contribution is 2.28. The molecule has 1 saturated heterocycles. The maximum absolute atomic E-state index is 13.9. The number of nitriles is 1. The fraction of sp³-hybridized carbons (Fsp3) is 0.333. The predicted molar refractivity (Wildman–Crippen MR) is 73.4 cm³/mol. The summed E-state index contributed by atoms with van der Waals surface area (Å²) in [5, 5.41) is 12.4. The number of aromatic nitrogens is 2. The Balaban J connectivity index is 1.81. The van der Waals surface area contributed by atoms with Gasteiger partial charge in [0.05, 0.1) is 17.6 Å². The topological polar surface area (TPSA) is 83.0 Å². The third kappa shape index (κ3) is 2.77. The number of likely N-dealkylation sites (tertiary alicyclic amines) is 1. The van der Waals surface area contributed by atoms with Crippen molar-refractivity contribution in [2.24, 2.45) is 0 Å². The zero-order chi connectivity index (χ0) is 16.6. The molecule has 0 bridgehead atoms. The molecule has 1 aliphatic heterocycles. The fourth-order valence-corrected chi connectivity index (χ4v) is 2.63. The highest BCUT2D eigenvalue weighted by Gasteiger charge is 2.33. The van der Waals surface area contributed by atoms with Crippen LogP contribution in [0, 0.1) is 29.9 Å². The van der Waals surface area contributed by atoms with Crippen LogP contribution in [-0.2, 0) is 0 Å². The molecule has 1 atom stereocenters. The van der Waals surface area contributed by atoms with Crippen LogP contribution in [0.2, 0.25) is 0 Å². The number of amides is 1. The molecule has 2 heterocycles. The smallest absolute Gasteiger partial charge is 0.259 e. The third-order valence-corrected chi connectivity index (χ3v) is 3.75. The number of nitrogens with zero attached hydrogens (tertiary/aromatic N) is 4. The summed E-state index contributed by atoms with van der Waals surface area (Å²) < 4.78 is 33.0. The SMILES string of the molecule is Cc1noc(C2CCN(C(=O)c3c(F)cc(C#N)cc3F)C2)n1. The lowest BCUT2D eigenvalue weighted by Gasteiger charge is -2.16. The van der Waals surface area contributed by atoms with E-state index < -0.39 is 23.1 Å². The Morgan fingerprint density at radius 1 is 1.43 bits per heavy atom. The number of rotatable bonds is 2. The molecule has 0 radical (unpaired) electrons. The third-order valence-electron chi connectivity index (χ3n) is 3.75. The maximum Gasteiger partial charge on any atom is 0.259 e. The monoisotopic (exact) mass is 318 g/mol. The normalized spacial score (nSPS) is 17.3. The van der Waals surface area contributed by atoms with E-state index in [0.29, 0.717) is 24.7 Å². The summed E-state index contributed by atoms with van der Waals surface area (Å²) in [5.74, 6) is -2.06. The van der Waals surface area contributed by atoms with Crippen LogP contribution in [0.25, 0.3) is 0 Å². The van der Waals surface area contributed by atoms with Gasteiger partial charge in [-0.1, -0.05) is 5.16 Å². The first-order valence-electron chi connectivity index (χ1n) is 6.98. The van der Waals surface area contributed by atoms with Gasteiger partial charge in [-0.25, -0.2) is 8.78 Å². The van der Waals surface area contributed by atoms with Crippen LogP contribution in [0.5, 0.6) is 0 Å². The van der Waals surface area contributed by atoms with Gasteiger partial charge >= 0.3 is 0 Å². The summed E-state index contributed by atoms with van der Waals surface area (Å²) in [5.41, 5.74) is -0.816. The van der Waals surface area contributed by atoms with E-state index in [1.54, 1.807) is 13.0 Å². The number of carbonyl (C=O) groups is 1. The van der Waals surface area contributed by atoms with Crippen LogP contribution in [0.4, 0.5) is 8.78 Å².